The molecule has 0 aliphatic heterocycles. The van der Waals surface area contributed by atoms with Gasteiger partial charge in [0, 0.05) is 5.92 Å². The first-order valence-corrected chi connectivity index (χ1v) is 8.70. The molecule has 7 nitrogen and oxygen atoms in total. The smallest absolute Gasteiger partial charge is 0.298 e. The number of hydrogen-bond acceptors (Lipinski definition) is 6. The number of fused-ring (bicyclic) bond motifs is 1. The van der Waals surface area contributed by atoms with Crippen molar-refractivity contribution in [3.05, 3.63) is 51.4 Å². The van der Waals surface area contributed by atoms with Gasteiger partial charge in [0.15, 0.2) is 0 Å². The molecule has 0 spiro atoms. The number of methoxy groups -OCH3 is 1. The summed E-state index contributed by atoms with van der Waals surface area (Å²) < 4.78 is 6.42. The molecule has 0 fully saturated rings. The molecule has 3 rings (SSSR count). The lowest BCUT2D eigenvalue weighted by atomic mass is 10.1. The highest BCUT2D eigenvalue weighted by Crippen LogP contribution is 2.23. The van der Waals surface area contributed by atoms with Crippen molar-refractivity contribution >= 4 is 27.9 Å². The van der Waals surface area contributed by atoms with Gasteiger partial charge in [0.2, 0.25) is 4.96 Å². The third kappa shape index (κ3) is 3.25. The van der Waals surface area contributed by atoms with E-state index in [1.807, 2.05) is 6.92 Å². The second kappa shape index (κ2) is 7.02. The molecular formula is C17H18N4O3S. The molecule has 0 radical (unpaired) electrons. The van der Waals surface area contributed by atoms with Crippen LogP contribution >= 0.6 is 11.3 Å². The lowest BCUT2D eigenvalue weighted by Gasteiger charge is -2.08. The number of aromatic nitrogens is 3. The first-order chi connectivity index (χ1) is 12.0. The maximum absolute atomic E-state index is 12.6. The second-order valence-electron chi connectivity index (χ2n) is 5.58. The molecule has 0 saturated heterocycles. The van der Waals surface area contributed by atoms with Crippen LogP contribution in [0.15, 0.2) is 35.3 Å². The van der Waals surface area contributed by atoms with E-state index in [-0.39, 0.29) is 11.6 Å². The van der Waals surface area contributed by atoms with Crippen molar-refractivity contribution in [3.8, 4) is 5.75 Å². The van der Waals surface area contributed by atoms with Crippen LogP contribution in [-0.4, -0.2) is 27.6 Å². The second-order valence-corrected chi connectivity index (χ2v) is 6.56. The number of ether oxygens (including phenoxy) is 1. The summed E-state index contributed by atoms with van der Waals surface area (Å²) in [4.78, 5) is 29.8. The normalized spacial score (nSPS) is 12.1. The van der Waals surface area contributed by atoms with Crippen molar-refractivity contribution in [1.29, 1.82) is 0 Å². The molecule has 2 aromatic heterocycles. The average Bonchev–Trinajstić information content (AvgIpc) is 3.08. The van der Waals surface area contributed by atoms with E-state index < -0.39 is 11.5 Å². The molecule has 1 atom stereocenters. The Kier molecular flexibility index (Phi) is 4.80. The van der Waals surface area contributed by atoms with Crippen LogP contribution in [-0.2, 0) is 0 Å². The Morgan fingerprint density at radius 2 is 2.16 bits per heavy atom. The maximum atomic E-state index is 12.6. The Morgan fingerprint density at radius 1 is 1.40 bits per heavy atom. The van der Waals surface area contributed by atoms with E-state index in [1.165, 1.54) is 29.2 Å². The summed E-state index contributed by atoms with van der Waals surface area (Å²) in [6.45, 7) is 4.11. The first kappa shape index (κ1) is 17.1. The zero-order valence-corrected chi connectivity index (χ0v) is 15.0. The zero-order valence-electron chi connectivity index (χ0n) is 14.1. The van der Waals surface area contributed by atoms with E-state index in [0.717, 1.165) is 11.4 Å². The molecule has 0 aliphatic carbocycles. The highest BCUT2D eigenvalue weighted by atomic mass is 32.1. The summed E-state index contributed by atoms with van der Waals surface area (Å²) in [5.74, 6) is 0.244. The van der Waals surface area contributed by atoms with Crippen molar-refractivity contribution < 1.29 is 9.53 Å². The van der Waals surface area contributed by atoms with Crippen molar-refractivity contribution in [2.24, 2.45) is 0 Å². The Hall–Kier alpha value is -2.74. The Labute approximate surface area is 148 Å². The van der Waals surface area contributed by atoms with Gasteiger partial charge in [-0.1, -0.05) is 37.3 Å². The van der Waals surface area contributed by atoms with Gasteiger partial charge in [-0.05, 0) is 18.6 Å². The molecule has 1 N–H and O–H groups in total. The van der Waals surface area contributed by atoms with Gasteiger partial charge >= 0.3 is 0 Å². The van der Waals surface area contributed by atoms with Gasteiger partial charge in [-0.3, -0.25) is 9.59 Å². The van der Waals surface area contributed by atoms with Crippen molar-refractivity contribution in [2.45, 2.75) is 26.2 Å². The lowest BCUT2D eigenvalue weighted by Crippen LogP contribution is -2.23. The predicted molar refractivity (Wildman–Crippen MR) is 96.8 cm³/mol. The number of anilines is 1. The Morgan fingerprint density at radius 3 is 2.88 bits per heavy atom. The van der Waals surface area contributed by atoms with Gasteiger partial charge in [0.1, 0.15) is 16.4 Å². The van der Waals surface area contributed by atoms with Crippen LogP contribution in [0.3, 0.4) is 0 Å². The minimum absolute atomic E-state index is 0.0782. The summed E-state index contributed by atoms with van der Waals surface area (Å²) in [5.41, 5.74) is 0.0153. The van der Waals surface area contributed by atoms with Gasteiger partial charge in [-0.15, -0.1) is 0 Å². The number of carbonyl (C=O) groups is 1. The van der Waals surface area contributed by atoms with Crippen LogP contribution in [0.2, 0.25) is 0 Å². The van der Waals surface area contributed by atoms with Crippen LogP contribution in [0.1, 0.15) is 41.6 Å². The van der Waals surface area contributed by atoms with Crippen molar-refractivity contribution in [3.63, 3.8) is 0 Å². The summed E-state index contributed by atoms with van der Waals surface area (Å²) >= 11 is 1.38. The van der Waals surface area contributed by atoms with E-state index in [1.54, 1.807) is 24.3 Å². The summed E-state index contributed by atoms with van der Waals surface area (Å²) in [5, 5.41) is 7.78. The molecule has 2 heterocycles. The van der Waals surface area contributed by atoms with Crippen molar-refractivity contribution in [1.82, 2.24) is 14.6 Å². The molecule has 0 saturated carbocycles. The number of hydrogen-bond donors (Lipinski definition) is 1. The van der Waals surface area contributed by atoms with Crippen LogP contribution in [0, 0.1) is 0 Å². The van der Waals surface area contributed by atoms with E-state index >= 15 is 0 Å². The third-order valence-corrected chi connectivity index (χ3v) is 5.09. The minimum Gasteiger partial charge on any atom is -0.496 e. The minimum atomic E-state index is -0.436. The fourth-order valence-corrected chi connectivity index (χ4v) is 3.28. The number of para-hydroxylation sites is 1. The van der Waals surface area contributed by atoms with Crippen LogP contribution < -0.4 is 15.6 Å². The average molecular weight is 358 g/mol. The van der Waals surface area contributed by atoms with E-state index in [9.17, 15) is 9.59 Å². The highest BCUT2D eigenvalue weighted by Gasteiger charge is 2.17. The molecule has 1 aromatic carbocycles. The topological polar surface area (TPSA) is 85.6 Å². The number of carbonyl (C=O) groups excluding carboxylic acids is 1. The Bertz CT molecular complexity index is 979. The van der Waals surface area contributed by atoms with Gasteiger partial charge in [-0.2, -0.15) is 9.61 Å². The van der Waals surface area contributed by atoms with E-state index in [0.29, 0.717) is 16.3 Å². The quantitative estimate of drug-likeness (QED) is 0.758. The van der Waals surface area contributed by atoms with E-state index in [2.05, 4.69) is 22.3 Å². The SMILES string of the molecule is CCC(C)c1nn2c(=O)c(NC(=O)c3ccccc3OC)cnc2s1. The molecule has 0 bridgehead atoms. The van der Waals surface area contributed by atoms with Gasteiger partial charge < -0.3 is 10.1 Å². The highest BCUT2D eigenvalue weighted by molar-refractivity contribution is 7.16. The largest absolute Gasteiger partial charge is 0.496 e. The summed E-state index contributed by atoms with van der Waals surface area (Å²) in [7, 11) is 1.49. The zero-order chi connectivity index (χ0) is 18.0. The van der Waals surface area contributed by atoms with Gasteiger partial charge in [0.25, 0.3) is 11.5 Å². The lowest BCUT2D eigenvalue weighted by molar-refractivity contribution is 0.102. The molecule has 130 valence electrons. The van der Waals surface area contributed by atoms with Crippen LogP contribution in [0.4, 0.5) is 5.69 Å². The monoisotopic (exact) mass is 358 g/mol. The number of amides is 1. The molecule has 1 unspecified atom stereocenters. The number of nitrogens with zero attached hydrogens (tertiary/aromatic N) is 3. The summed E-state index contributed by atoms with van der Waals surface area (Å²) in [6.07, 6.45) is 2.29. The standard InChI is InChI=1S/C17H18N4O3S/c1-4-10(2)15-20-21-16(23)12(9-18-17(21)25-15)19-14(22)11-7-5-6-8-13(11)24-3/h5-10H,4H2,1-3H3,(H,19,22). The fourth-order valence-electron chi connectivity index (χ4n) is 2.28. The molecule has 0 aliphatic rings. The first-order valence-electron chi connectivity index (χ1n) is 7.88. The van der Waals surface area contributed by atoms with Crippen LogP contribution in [0.5, 0.6) is 5.75 Å². The molecule has 8 heteroatoms. The molecular weight excluding hydrogens is 340 g/mol. The molecule has 3 aromatic rings. The maximum Gasteiger partial charge on any atom is 0.298 e. The Balaban J connectivity index is 1.95. The number of rotatable bonds is 5. The molecule has 1 amide bonds. The molecule has 25 heavy (non-hydrogen) atoms. The number of nitrogens with one attached hydrogen (secondary N) is 1. The third-order valence-electron chi connectivity index (χ3n) is 3.94. The fraction of sp³-hybridized carbons (Fsp3) is 0.294. The van der Waals surface area contributed by atoms with E-state index in [4.69, 9.17) is 4.74 Å². The summed E-state index contributed by atoms with van der Waals surface area (Å²) in [6, 6.07) is 6.80. The van der Waals surface area contributed by atoms with Gasteiger partial charge in [0.05, 0.1) is 18.9 Å². The number of benzene rings is 1. The van der Waals surface area contributed by atoms with Crippen molar-refractivity contribution in [2.75, 3.05) is 12.4 Å². The predicted octanol–water partition coefficient (Wildman–Crippen LogP) is 2.93. The van der Waals surface area contributed by atoms with Gasteiger partial charge in [-0.25, -0.2) is 4.98 Å². The van der Waals surface area contributed by atoms with Crippen LogP contribution in [0.25, 0.3) is 4.96 Å².